The summed E-state index contributed by atoms with van der Waals surface area (Å²) in [4.78, 5) is 15.0. The van der Waals surface area contributed by atoms with Crippen LogP contribution in [0.4, 0.5) is 0 Å². The van der Waals surface area contributed by atoms with Crippen LogP contribution in [0.2, 0.25) is 0 Å². The van der Waals surface area contributed by atoms with Crippen LogP contribution in [0, 0.1) is 0 Å². The smallest absolute Gasteiger partial charge is 0.255 e. The SMILES string of the molecule is Cn1c(-c2ccccc2)c(C2c3ccccc3C(=O)N2CCO)c2ccccc21. The number of amides is 1. The highest BCUT2D eigenvalue weighted by molar-refractivity contribution is 6.02. The van der Waals surface area contributed by atoms with Crippen molar-refractivity contribution in [2.24, 2.45) is 7.05 Å². The molecule has 2 heterocycles. The van der Waals surface area contributed by atoms with Crippen LogP contribution in [-0.2, 0) is 7.05 Å². The highest BCUT2D eigenvalue weighted by atomic mass is 16.3. The molecule has 0 radical (unpaired) electrons. The number of carbonyl (C=O) groups is 1. The summed E-state index contributed by atoms with van der Waals surface area (Å²) in [7, 11) is 2.08. The number of benzene rings is 3. The van der Waals surface area contributed by atoms with E-state index < -0.39 is 0 Å². The summed E-state index contributed by atoms with van der Waals surface area (Å²) >= 11 is 0. The molecule has 1 unspecified atom stereocenters. The second kappa shape index (κ2) is 6.90. The fourth-order valence-electron chi connectivity index (χ4n) is 4.66. The number of aliphatic hydroxyl groups excluding tert-OH is 1. The van der Waals surface area contributed by atoms with Gasteiger partial charge in [0.15, 0.2) is 0 Å². The molecule has 0 saturated carbocycles. The van der Waals surface area contributed by atoms with E-state index >= 15 is 0 Å². The molecule has 1 amide bonds. The highest BCUT2D eigenvalue weighted by Gasteiger charge is 2.40. The maximum atomic E-state index is 13.2. The van der Waals surface area contributed by atoms with E-state index in [4.69, 9.17) is 0 Å². The van der Waals surface area contributed by atoms with Crippen LogP contribution in [0.5, 0.6) is 0 Å². The fraction of sp³-hybridized carbons (Fsp3) is 0.160. The molecule has 3 aromatic carbocycles. The van der Waals surface area contributed by atoms with Gasteiger partial charge in [0.2, 0.25) is 0 Å². The molecule has 4 heteroatoms. The Morgan fingerprint density at radius 1 is 0.897 bits per heavy atom. The summed E-state index contributed by atoms with van der Waals surface area (Å²) in [6, 6.07) is 26.2. The van der Waals surface area contributed by atoms with E-state index in [-0.39, 0.29) is 18.6 Å². The van der Waals surface area contributed by atoms with Gasteiger partial charge < -0.3 is 14.6 Å². The van der Waals surface area contributed by atoms with Crippen molar-refractivity contribution >= 4 is 16.8 Å². The number of aryl methyl sites for hydroxylation is 1. The number of nitrogens with zero attached hydrogens (tertiary/aromatic N) is 2. The van der Waals surface area contributed by atoms with E-state index in [2.05, 4.69) is 35.9 Å². The molecule has 4 aromatic rings. The van der Waals surface area contributed by atoms with E-state index in [0.717, 1.165) is 38.9 Å². The van der Waals surface area contributed by atoms with E-state index in [1.165, 1.54) is 0 Å². The van der Waals surface area contributed by atoms with Gasteiger partial charge in [-0.2, -0.15) is 0 Å². The Balaban J connectivity index is 1.86. The minimum absolute atomic E-state index is 0.0217. The molecule has 4 nitrogen and oxygen atoms in total. The van der Waals surface area contributed by atoms with Gasteiger partial charge in [-0.05, 0) is 23.3 Å². The number of β-amino-alcohol motifs (C(OH)–C–C–N with tert-alkyl or cyclic N) is 1. The van der Waals surface area contributed by atoms with Gasteiger partial charge in [0.1, 0.15) is 0 Å². The Morgan fingerprint density at radius 3 is 2.38 bits per heavy atom. The number of aliphatic hydroxyl groups is 1. The molecule has 5 rings (SSSR count). The molecular weight excluding hydrogens is 360 g/mol. The largest absolute Gasteiger partial charge is 0.395 e. The van der Waals surface area contributed by atoms with Gasteiger partial charge in [-0.25, -0.2) is 0 Å². The number of rotatable bonds is 4. The summed E-state index contributed by atoms with van der Waals surface area (Å²) in [6.45, 7) is 0.233. The predicted molar refractivity (Wildman–Crippen MR) is 115 cm³/mol. The molecule has 29 heavy (non-hydrogen) atoms. The predicted octanol–water partition coefficient (Wildman–Crippen LogP) is 4.38. The quantitative estimate of drug-likeness (QED) is 0.569. The van der Waals surface area contributed by atoms with Crippen molar-refractivity contribution in [3.63, 3.8) is 0 Å². The minimum atomic E-state index is -0.229. The van der Waals surface area contributed by atoms with Crippen LogP contribution in [0.15, 0.2) is 78.9 Å². The monoisotopic (exact) mass is 382 g/mol. The molecule has 0 fully saturated rings. The zero-order valence-electron chi connectivity index (χ0n) is 16.2. The number of carbonyl (C=O) groups excluding carboxylic acids is 1. The number of para-hydroxylation sites is 1. The minimum Gasteiger partial charge on any atom is -0.395 e. The van der Waals surface area contributed by atoms with Crippen molar-refractivity contribution in [1.29, 1.82) is 0 Å². The van der Waals surface area contributed by atoms with Gasteiger partial charge in [-0.3, -0.25) is 4.79 Å². The molecule has 1 aromatic heterocycles. The third-order valence-electron chi connectivity index (χ3n) is 5.87. The van der Waals surface area contributed by atoms with Gasteiger partial charge in [0, 0.05) is 35.6 Å². The van der Waals surface area contributed by atoms with E-state index in [9.17, 15) is 9.90 Å². The van der Waals surface area contributed by atoms with Gasteiger partial charge in [0.25, 0.3) is 5.91 Å². The van der Waals surface area contributed by atoms with Crippen LogP contribution in [0.1, 0.15) is 27.5 Å². The first-order valence-corrected chi connectivity index (χ1v) is 9.86. The van der Waals surface area contributed by atoms with Crippen molar-refractivity contribution in [1.82, 2.24) is 9.47 Å². The Morgan fingerprint density at radius 2 is 1.59 bits per heavy atom. The zero-order chi connectivity index (χ0) is 20.0. The van der Waals surface area contributed by atoms with Crippen molar-refractivity contribution in [3.8, 4) is 11.3 Å². The molecular formula is C25H22N2O2. The molecule has 1 N–H and O–H groups in total. The third-order valence-corrected chi connectivity index (χ3v) is 5.87. The van der Waals surface area contributed by atoms with Crippen LogP contribution in [0.25, 0.3) is 22.2 Å². The van der Waals surface area contributed by atoms with Crippen LogP contribution in [-0.4, -0.2) is 33.6 Å². The van der Waals surface area contributed by atoms with E-state index in [1.807, 2.05) is 54.6 Å². The van der Waals surface area contributed by atoms with Crippen LogP contribution >= 0.6 is 0 Å². The maximum Gasteiger partial charge on any atom is 0.255 e. The molecule has 1 aliphatic heterocycles. The summed E-state index contributed by atoms with van der Waals surface area (Å²) in [6.07, 6.45) is 0. The topological polar surface area (TPSA) is 45.5 Å². The van der Waals surface area contributed by atoms with Gasteiger partial charge in [0.05, 0.1) is 18.3 Å². The number of aromatic nitrogens is 1. The molecule has 0 bridgehead atoms. The van der Waals surface area contributed by atoms with Crippen molar-refractivity contribution in [2.75, 3.05) is 13.2 Å². The summed E-state index contributed by atoms with van der Waals surface area (Å²) < 4.78 is 2.21. The Kier molecular flexibility index (Phi) is 4.22. The first-order valence-electron chi connectivity index (χ1n) is 9.86. The number of hydrogen-bond donors (Lipinski definition) is 1. The average Bonchev–Trinajstić information content (AvgIpc) is 3.21. The second-order valence-electron chi connectivity index (χ2n) is 7.42. The fourth-order valence-corrected chi connectivity index (χ4v) is 4.66. The molecule has 144 valence electrons. The van der Waals surface area contributed by atoms with Gasteiger partial charge in [-0.15, -0.1) is 0 Å². The van der Waals surface area contributed by atoms with Crippen molar-refractivity contribution < 1.29 is 9.90 Å². The maximum absolute atomic E-state index is 13.2. The van der Waals surface area contributed by atoms with Crippen LogP contribution < -0.4 is 0 Å². The lowest BCUT2D eigenvalue weighted by molar-refractivity contribution is 0.0713. The molecule has 0 aliphatic carbocycles. The molecule has 0 spiro atoms. The van der Waals surface area contributed by atoms with E-state index in [1.54, 1.807) is 4.90 Å². The Hall–Kier alpha value is -3.37. The van der Waals surface area contributed by atoms with Gasteiger partial charge in [-0.1, -0.05) is 66.7 Å². The van der Waals surface area contributed by atoms with E-state index in [0.29, 0.717) is 6.54 Å². The van der Waals surface area contributed by atoms with Gasteiger partial charge >= 0.3 is 0 Å². The Labute approximate surface area is 169 Å². The number of hydrogen-bond acceptors (Lipinski definition) is 2. The molecule has 1 atom stereocenters. The summed E-state index contributed by atoms with van der Waals surface area (Å²) in [5, 5.41) is 10.8. The normalized spacial score (nSPS) is 15.9. The van der Waals surface area contributed by atoms with Crippen molar-refractivity contribution in [3.05, 3.63) is 95.6 Å². The zero-order valence-corrected chi connectivity index (χ0v) is 16.2. The second-order valence-corrected chi connectivity index (χ2v) is 7.42. The van der Waals surface area contributed by atoms with Crippen LogP contribution in [0.3, 0.4) is 0 Å². The van der Waals surface area contributed by atoms with Crippen molar-refractivity contribution in [2.45, 2.75) is 6.04 Å². The lowest BCUT2D eigenvalue weighted by Crippen LogP contribution is -2.31. The average molecular weight is 382 g/mol. The Bertz CT molecular complexity index is 1210. The highest BCUT2D eigenvalue weighted by Crippen LogP contribution is 2.46. The molecule has 0 saturated heterocycles. The standard InChI is InChI=1S/C25H22N2O2/c1-26-21-14-8-7-13-20(21)22(23(26)17-9-3-2-4-10-17)24-18-11-5-6-12-19(18)25(29)27(24)15-16-28/h2-14,24,28H,15-16H2,1H3. The molecule has 1 aliphatic rings. The first kappa shape index (κ1) is 17.7. The summed E-state index contributed by atoms with van der Waals surface area (Å²) in [5.74, 6) is -0.0217. The lowest BCUT2D eigenvalue weighted by Gasteiger charge is -2.26. The lowest BCUT2D eigenvalue weighted by atomic mass is 9.93. The summed E-state index contributed by atoms with van der Waals surface area (Å²) in [5.41, 5.74) is 6.17. The third kappa shape index (κ3) is 2.60. The number of fused-ring (bicyclic) bond motifs is 2. The first-order chi connectivity index (χ1) is 14.2.